The van der Waals surface area contributed by atoms with Gasteiger partial charge in [-0.05, 0) is 56.2 Å². The first-order valence-electron chi connectivity index (χ1n) is 13.4. The van der Waals surface area contributed by atoms with Crippen molar-refractivity contribution in [2.45, 2.75) is 62.6 Å². The van der Waals surface area contributed by atoms with Gasteiger partial charge < -0.3 is 10.2 Å². The number of rotatable bonds is 10. The predicted octanol–water partition coefficient (Wildman–Crippen LogP) is 6.19. The van der Waals surface area contributed by atoms with Crippen molar-refractivity contribution in [2.75, 3.05) is 10.8 Å². The third-order valence-electron chi connectivity index (χ3n) is 7.24. The summed E-state index contributed by atoms with van der Waals surface area (Å²) in [5, 5.41) is 3.61. The molecule has 0 heterocycles. The van der Waals surface area contributed by atoms with Gasteiger partial charge in [-0.25, -0.2) is 12.8 Å². The van der Waals surface area contributed by atoms with Crippen molar-refractivity contribution >= 4 is 50.7 Å². The second-order valence-electron chi connectivity index (χ2n) is 10.0. The van der Waals surface area contributed by atoms with Gasteiger partial charge in [0.25, 0.3) is 10.0 Å². The fraction of sp³-hybridized carbons (Fsp3) is 0.333. The Bertz CT molecular complexity index is 1460. The van der Waals surface area contributed by atoms with Gasteiger partial charge in [-0.1, -0.05) is 78.9 Å². The zero-order chi connectivity index (χ0) is 29.6. The summed E-state index contributed by atoms with van der Waals surface area (Å²) in [6, 6.07) is 16.7. The van der Waals surface area contributed by atoms with Crippen LogP contribution in [0.25, 0.3) is 0 Å². The summed E-state index contributed by atoms with van der Waals surface area (Å²) in [7, 11) is -4.37. The van der Waals surface area contributed by atoms with E-state index in [4.69, 9.17) is 23.2 Å². The minimum atomic E-state index is -4.37. The molecule has 3 aromatic rings. The minimum Gasteiger partial charge on any atom is -0.352 e. The predicted molar refractivity (Wildman–Crippen MR) is 159 cm³/mol. The maximum Gasteiger partial charge on any atom is 0.264 e. The lowest BCUT2D eigenvalue weighted by atomic mass is 9.95. The highest BCUT2D eigenvalue weighted by Crippen LogP contribution is 2.29. The molecule has 0 saturated heterocycles. The molecule has 2 amide bonds. The monoisotopic (exact) mass is 619 g/mol. The van der Waals surface area contributed by atoms with Gasteiger partial charge >= 0.3 is 0 Å². The first-order chi connectivity index (χ1) is 19.6. The summed E-state index contributed by atoms with van der Waals surface area (Å²) < 4.78 is 43.2. The van der Waals surface area contributed by atoms with Crippen LogP contribution in [0.2, 0.25) is 10.0 Å². The van der Waals surface area contributed by atoms with Crippen molar-refractivity contribution in [3.8, 4) is 0 Å². The zero-order valence-electron chi connectivity index (χ0n) is 22.6. The Kier molecular flexibility index (Phi) is 10.3. The first-order valence-corrected chi connectivity index (χ1v) is 15.6. The number of anilines is 1. The molecule has 0 aliphatic heterocycles. The van der Waals surface area contributed by atoms with Crippen LogP contribution in [0.1, 0.15) is 44.6 Å². The van der Waals surface area contributed by atoms with Crippen LogP contribution in [0, 0.1) is 5.82 Å². The number of sulfonamides is 1. The van der Waals surface area contributed by atoms with E-state index < -0.39 is 34.3 Å². The van der Waals surface area contributed by atoms with Crippen LogP contribution < -0.4 is 9.62 Å². The fourth-order valence-corrected chi connectivity index (χ4v) is 6.85. The lowest BCUT2D eigenvalue weighted by molar-refractivity contribution is -0.139. The van der Waals surface area contributed by atoms with Gasteiger partial charge in [-0.3, -0.25) is 13.9 Å². The third-order valence-corrected chi connectivity index (χ3v) is 9.72. The number of hydrogen-bond donors (Lipinski definition) is 1. The Balaban J connectivity index is 1.71. The van der Waals surface area contributed by atoms with Crippen molar-refractivity contribution in [1.29, 1.82) is 0 Å². The first kappa shape index (κ1) is 30.8. The van der Waals surface area contributed by atoms with E-state index in [2.05, 4.69) is 5.32 Å². The molecule has 1 atom stereocenters. The minimum absolute atomic E-state index is 0.00655. The SMILES string of the molecule is CC(C(=O)NC1CCCCC1)N(Cc1c(Cl)cccc1Cl)C(=O)CN(c1ccccc1F)S(=O)(=O)c1ccccc1. The van der Waals surface area contributed by atoms with Crippen LogP contribution in [-0.2, 0) is 26.2 Å². The summed E-state index contributed by atoms with van der Waals surface area (Å²) in [5.74, 6) is -1.92. The van der Waals surface area contributed by atoms with Crippen LogP contribution in [-0.4, -0.2) is 43.8 Å². The second kappa shape index (κ2) is 13.7. The summed E-state index contributed by atoms with van der Waals surface area (Å²) >= 11 is 12.8. The molecule has 1 N–H and O–H groups in total. The van der Waals surface area contributed by atoms with Crippen molar-refractivity contribution in [1.82, 2.24) is 10.2 Å². The maximum atomic E-state index is 15.0. The molecule has 4 rings (SSSR count). The highest BCUT2D eigenvalue weighted by Gasteiger charge is 2.34. The standard InChI is InChI=1S/C30H32Cl2FN3O4S/c1-21(30(38)34-22-11-4-2-5-12-22)35(19-24-25(31)15-10-16-26(24)32)29(37)20-36(28-18-9-8-17-27(28)33)41(39,40)23-13-6-3-7-14-23/h3,6-10,13-18,21-22H,2,4-5,11-12,19-20H2,1H3,(H,34,38). The number of halogens is 3. The van der Waals surface area contributed by atoms with Crippen molar-refractivity contribution in [2.24, 2.45) is 0 Å². The number of para-hydroxylation sites is 1. The molecule has 0 spiro atoms. The quantitative estimate of drug-likeness (QED) is 0.293. The summed E-state index contributed by atoms with van der Waals surface area (Å²) in [6.45, 7) is 0.647. The summed E-state index contributed by atoms with van der Waals surface area (Å²) in [6.07, 6.45) is 4.82. The van der Waals surface area contributed by atoms with E-state index >= 15 is 4.39 Å². The lowest BCUT2D eigenvalue weighted by Gasteiger charge is -2.33. The van der Waals surface area contributed by atoms with Crippen molar-refractivity contribution < 1.29 is 22.4 Å². The number of amides is 2. The highest BCUT2D eigenvalue weighted by molar-refractivity contribution is 7.92. The average molecular weight is 621 g/mol. The molecule has 1 aliphatic rings. The smallest absolute Gasteiger partial charge is 0.264 e. The van der Waals surface area contributed by atoms with E-state index in [0.29, 0.717) is 5.56 Å². The van der Waals surface area contributed by atoms with E-state index in [1.807, 2.05) is 0 Å². The molecule has 1 aliphatic carbocycles. The maximum absolute atomic E-state index is 15.0. The topological polar surface area (TPSA) is 86.8 Å². The lowest BCUT2D eigenvalue weighted by Crippen LogP contribution is -2.53. The van der Waals surface area contributed by atoms with E-state index in [-0.39, 0.29) is 39.1 Å². The molecular formula is C30H32Cl2FN3O4S. The van der Waals surface area contributed by atoms with E-state index in [0.717, 1.165) is 42.5 Å². The molecule has 3 aromatic carbocycles. The molecule has 1 fully saturated rings. The number of nitrogens with one attached hydrogen (secondary N) is 1. The molecule has 218 valence electrons. The Morgan fingerprint density at radius 2 is 1.54 bits per heavy atom. The largest absolute Gasteiger partial charge is 0.352 e. The molecular weight excluding hydrogens is 588 g/mol. The number of carbonyl (C=O) groups excluding carboxylic acids is 2. The molecule has 7 nitrogen and oxygen atoms in total. The van der Waals surface area contributed by atoms with Gasteiger partial charge in [-0.15, -0.1) is 0 Å². The third kappa shape index (κ3) is 7.39. The Morgan fingerprint density at radius 1 is 0.927 bits per heavy atom. The molecule has 1 unspecified atom stereocenters. The van der Waals surface area contributed by atoms with Crippen LogP contribution >= 0.6 is 23.2 Å². The van der Waals surface area contributed by atoms with Crippen LogP contribution in [0.4, 0.5) is 10.1 Å². The average Bonchev–Trinajstić information content (AvgIpc) is 2.96. The summed E-state index contributed by atoms with van der Waals surface area (Å²) in [4.78, 5) is 28.5. The van der Waals surface area contributed by atoms with Gasteiger partial charge in [-0.2, -0.15) is 0 Å². The number of carbonyl (C=O) groups is 2. The molecule has 0 bridgehead atoms. The molecule has 0 radical (unpaired) electrons. The van der Waals surface area contributed by atoms with E-state index in [1.54, 1.807) is 31.2 Å². The van der Waals surface area contributed by atoms with Gasteiger partial charge in [0.05, 0.1) is 10.6 Å². The van der Waals surface area contributed by atoms with Crippen molar-refractivity contribution in [3.63, 3.8) is 0 Å². The summed E-state index contributed by atoms with van der Waals surface area (Å²) in [5.41, 5.74) is 0.115. The van der Waals surface area contributed by atoms with Gasteiger partial charge in [0.2, 0.25) is 11.8 Å². The van der Waals surface area contributed by atoms with Gasteiger partial charge in [0.15, 0.2) is 0 Å². The zero-order valence-corrected chi connectivity index (χ0v) is 24.9. The fourth-order valence-electron chi connectivity index (χ4n) is 4.89. The normalized spacial score (nSPS) is 14.7. The van der Waals surface area contributed by atoms with Crippen LogP contribution in [0.15, 0.2) is 77.7 Å². The van der Waals surface area contributed by atoms with E-state index in [1.165, 1.54) is 47.4 Å². The Labute approximate surface area is 250 Å². The Morgan fingerprint density at radius 3 is 2.17 bits per heavy atom. The second-order valence-corrected chi connectivity index (χ2v) is 12.7. The van der Waals surface area contributed by atoms with Gasteiger partial charge in [0.1, 0.15) is 18.4 Å². The highest BCUT2D eigenvalue weighted by atomic mass is 35.5. The molecule has 0 aromatic heterocycles. The van der Waals surface area contributed by atoms with Crippen molar-refractivity contribution in [3.05, 3.63) is 94.2 Å². The number of hydrogen-bond acceptors (Lipinski definition) is 4. The molecule has 41 heavy (non-hydrogen) atoms. The van der Waals surface area contributed by atoms with Crippen LogP contribution in [0.3, 0.4) is 0 Å². The van der Waals surface area contributed by atoms with E-state index in [9.17, 15) is 18.0 Å². The molecule has 1 saturated carbocycles. The number of benzene rings is 3. The number of nitrogens with zero attached hydrogens (tertiary/aromatic N) is 2. The Hall–Kier alpha value is -3.14. The van der Waals surface area contributed by atoms with Gasteiger partial charge in [0, 0.05) is 28.2 Å². The molecule has 11 heteroatoms. The van der Waals surface area contributed by atoms with Crippen LogP contribution in [0.5, 0.6) is 0 Å².